The minimum Gasteiger partial charge on any atom is -0.480 e. The molecule has 20 heavy (non-hydrogen) atoms. The third-order valence-electron chi connectivity index (χ3n) is 2.96. The first-order chi connectivity index (χ1) is 9.63. The maximum Gasteiger partial charge on any atom is 0.321 e. The summed E-state index contributed by atoms with van der Waals surface area (Å²) in [6.07, 6.45) is 1.82. The molecule has 1 aromatic carbocycles. The van der Waals surface area contributed by atoms with Gasteiger partial charge >= 0.3 is 5.97 Å². The van der Waals surface area contributed by atoms with Gasteiger partial charge in [0.15, 0.2) is 0 Å². The Balaban J connectivity index is 1.77. The second kappa shape index (κ2) is 5.73. The van der Waals surface area contributed by atoms with E-state index >= 15 is 0 Å². The zero-order valence-electron chi connectivity index (χ0n) is 10.2. The van der Waals surface area contributed by atoms with Crippen molar-refractivity contribution in [3.05, 3.63) is 40.5 Å². The lowest BCUT2D eigenvalue weighted by molar-refractivity contribution is -0.138. The highest BCUT2D eigenvalue weighted by Gasteiger charge is 2.31. The third-order valence-corrected chi connectivity index (χ3v) is 5.69. The van der Waals surface area contributed by atoms with Crippen LogP contribution in [0.3, 0.4) is 0 Å². The van der Waals surface area contributed by atoms with E-state index in [1.807, 2.05) is 30.5 Å². The first kappa shape index (κ1) is 13.9. The molecule has 2 heterocycles. The lowest BCUT2D eigenvalue weighted by Gasteiger charge is -2.06. The Morgan fingerprint density at radius 2 is 2.15 bits per heavy atom. The summed E-state index contributed by atoms with van der Waals surface area (Å²) in [5.41, 5.74) is 1.07. The van der Waals surface area contributed by atoms with Gasteiger partial charge in [0.05, 0.1) is 4.88 Å². The number of carboxylic acids is 1. The van der Waals surface area contributed by atoms with E-state index in [-0.39, 0.29) is 5.37 Å². The summed E-state index contributed by atoms with van der Waals surface area (Å²) in [5, 5.41) is 13.6. The van der Waals surface area contributed by atoms with E-state index in [4.69, 9.17) is 16.7 Å². The molecule has 2 atom stereocenters. The fourth-order valence-corrected chi connectivity index (χ4v) is 4.34. The molecule has 0 bridgehead atoms. The molecule has 1 aliphatic heterocycles. The Kier molecular flexibility index (Phi) is 3.98. The quantitative estimate of drug-likeness (QED) is 0.906. The number of nitrogens with zero attached hydrogens (tertiary/aromatic N) is 1. The van der Waals surface area contributed by atoms with Gasteiger partial charge in [-0.2, -0.15) is 0 Å². The van der Waals surface area contributed by atoms with Crippen LogP contribution in [0.5, 0.6) is 0 Å². The summed E-state index contributed by atoms with van der Waals surface area (Å²) >= 11 is 9.02. The van der Waals surface area contributed by atoms with Crippen molar-refractivity contribution in [2.24, 2.45) is 0 Å². The average molecular weight is 327 g/mol. The molecule has 104 valence electrons. The normalized spacial score (nSPS) is 22.1. The number of aliphatic carboxylic acids is 1. The van der Waals surface area contributed by atoms with E-state index < -0.39 is 12.0 Å². The molecule has 2 N–H and O–H groups in total. The van der Waals surface area contributed by atoms with E-state index in [0.717, 1.165) is 15.4 Å². The number of benzene rings is 1. The van der Waals surface area contributed by atoms with Crippen molar-refractivity contribution < 1.29 is 9.90 Å². The van der Waals surface area contributed by atoms with Crippen LogP contribution in [0, 0.1) is 0 Å². The molecule has 1 fully saturated rings. The fourth-order valence-electron chi connectivity index (χ4n) is 1.91. The molecule has 0 radical (unpaired) electrons. The molecule has 1 aromatic heterocycles. The predicted molar refractivity (Wildman–Crippen MR) is 82.3 cm³/mol. The third kappa shape index (κ3) is 2.83. The lowest BCUT2D eigenvalue weighted by Crippen LogP contribution is -2.33. The van der Waals surface area contributed by atoms with Crippen LogP contribution in [0.1, 0.15) is 10.4 Å². The van der Waals surface area contributed by atoms with Crippen molar-refractivity contribution in [1.29, 1.82) is 0 Å². The van der Waals surface area contributed by atoms with Crippen LogP contribution in [0.4, 0.5) is 0 Å². The smallest absolute Gasteiger partial charge is 0.321 e. The summed E-state index contributed by atoms with van der Waals surface area (Å²) in [6, 6.07) is 7.11. The maximum atomic E-state index is 10.9. The van der Waals surface area contributed by atoms with Crippen LogP contribution >= 0.6 is 34.7 Å². The minimum atomic E-state index is -0.811. The van der Waals surface area contributed by atoms with Crippen molar-refractivity contribution in [1.82, 2.24) is 10.3 Å². The second-order valence-electron chi connectivity index (χ2n) is 4.34. The molecule has 2 aromatic rings. The molecule has 1 saturated heterocycles. The molecule has 1 aliphatic rings. The van der Waals surface area contributed by atoms with Gasteiger partial charge < -0.3 is 5.11 Å². The van der Waals surface area contributed by atoms with E-state index in [1.54, 1.807) is 23.1 Å². The van der Waals surface area contributed by atoms with Crippen LogP contribution in [-0.4, -0.2) is 27.9 Å². The van der Waals surface area contributed by atoms with Gasteiger partial charge in [0, 0.05) is 17.0 Å². The largest absolute Gasteiger partial charge is 0.480 e. The molecule has 0 spiro atoms. The Bertz CT molecular complexity index is 630. The number of rotatable bonds is 3. The summed E-state index contributed by atoms with van der Waals surface area (Å²) in [6.45, 7) is 0. The number of hydrogen-bond donors (Lipinski definition) is 2. The van der Waals surface area contributed by atoms with Crippen molar-refractivity contribution in [3.8, 4) is 10.4 Å². The Labute approximate surface area is 129 Å². The summed E-state index contributed by atoms with van der Waals surface area (Å²) in [5.74, 6) is -0.245. The molecule has 4 nitrogen and oxygen atoms in total. The van der Waals surface area contributed by atoms with Crippen LogP contribution < -0.4 is 5.32 Å². The van der Waals surface area contributed by atoms with Gasteiger partial charge in [-0.05, 0) is 17.7 Å². The van der Waals surface area contributed by atoms with Crippen LogP contribution in [0.2, 0.25) is 5.02 Å². The SMILES string of the molecule is O=C(O)C1CSC(c2ncc(-c3ccc(Cl)cc3)s2)N1. The second-order valence-corrected chi connectivity index (χ2v) is 6.98. The number of halogens is 1. The predicted octanol–water partition coefficient (Wildman–Crippen LogP) is 3.25. The standard InChI is InChI=1S/C13H11ClN2O2S2/c14-8-3-1-7(2-4-8)10-5-15-11(20-10)12-16-9(6-19-12)13(17)18/h1-5,9,12,16H,6H2,(H,17,18). The molecule has 2 unspecified atom stereocenters. The van der Waals surface area contributed by atoms with Gasteiger partial charge in [0.1, 0.15) is 16.4 Å². The zero-order chi connectivity index (χ0) is 14.1. The molecule has 3 rings (SSSR count). The zero-order valence-corrected chi connectivity index (χ0v) is 12.6. The van der Waals surface area contributed by atoms with Crippen molar-refractivity contribution in [2.45, 2.75) is 11.4 Å². The molecule has 0 amide bonds. The van der Waals surface area contributed by atoms with E-state index in [9.17, 15) is 4.79 Å². The van der Waals surface area contributed by atoms with Crippen LogP contribution in [0.15, 0.2) is 30.5 Å². The first-order valence-electron chi connectivity index (χ1n) is 5.95. The van der Waals surface area contributed by atoms with E-state index in [2.05, 4.69) is 10.3 Å². The first-order valence-corrected chi connectivity index (χ1v) is 8.20. The van der Waals surface area contributed by atoms with Gasteiger partial charge in [0.25, 0.3) is 0 Å². The summed E-state index contributed by atoms with van der Waals surface area (Å²) in [4.78, 5) is 16.4. The summed E-state index contributed by atoms with van der Waals surface area (Å²) < 4.78 is 0. The Morgan fingerprint density at radius 3 is 2.80 bits per heavy atom. The van der Waals surface area contributed by atoms with Gasteiger partial charge in [-0.3, -0.25) is 10.1 Å². The maximum absolute atomic E-state index is 10.9. The minimum absolute atomic E-state index is 0.0397. The van der Waals surface area contributed by atoms with Gasteiger partial charge in [-0.1, -0.05) is 23.7 Å². The highest BCUT2D eigenvalue weighted by molar-refractivity contribution is 7.99. The number of hydrogen-bond acceptors (Lipinski definition) is 5. The van der Waals surface area contributed by atoms with Gasteiger partial charge in [-0.25, -0.2) is 4.98 Å². The van der Waals surface area contributed by atoms with E-state index in [0.29, 0.717) is 10.8 Å². The number of carboxylic acid groups (broad SMARTS) is 1. The van der Waals surface area contributed by atoms with Crippen molar-refractivity contribution in [3.63, 3.8) is 0 Å². The van der Waals surface area contributed by atoms with Crippen LogP contribution in [0.25, 0.3) is 10.4 Å². The number of carbonyl (C=O) groups is 1. The Hall–Kier alpha value is -1.08. The molecule has 0 saturated carbocycles. The van der Waals surface area contributed by atoms with Crippen molar-refractivity contribution in [2.75, 3.05) is 5.75 Å². The number of thiazole rings is 1. The number of nitrogens with one attached hydrogen (secondary N) is 1. The van der Waals surface area contributed by atoms with Crippen LogP contribution in [-0.2, 0) is 4.79 Å². The van der Waals surface area contributed by atoms with E-state index in [1.165, 1.54) is 0 Å². The average Bonchev–Trinajstić information content (AvgIpc) is 3.08. The Morgan fingerprint density at radius 1 is 1.40 bits per heavy atom. The molecular weight excluding hydrogens is 316 g/mol. The molecule has 7 heteroatoms. The topological polar surface area (TPSA) is 62.2 Å². The lowest BCUT2D eigenvalue weighted by atomic mass is 10.2. The molecule has 0 aliphatic carbocycles. The summed E-state index contributed by atoms with van der Waals surface area (Å²) in [7, 11) is 0. The number of aromatic nitrogens is 1. The monoisotopic (exact) mass is 326 g/mol. The van der Waals surface area contributed by atoms with Gasteiger partial charge in [0.2, 0.25) is 0 Å². The fraction of sp³-hybridized carbons (Fsp3) is 0.231. The highest BCUT2D eigenvalue weighted by Crippen LogP contribution is 2.37. The molecular formula is C13H11ClN2O2S2. The van der Waals surface area contributed by atoms with Gasteiger partial charge in [-0.15, -0.1) is 23.1 Å². The van der Waals surface area contributed by atoms with Crippen molar-refractivity contribution >= 4 is 40.7 Å². The highest BCUT2D eigenvalue weighted by atomic mass is 35.5. The number of thioether (sulfide) groups is 1.